The molecule has 8 heteroatoms. The normalized spacial score (nSPS) is 21.3. The second-order valence-electron chi connectivity index (χ2n) is 6.68. The summed E-state index contributed by atoms with van der Waals surface area (Å²) in [6, 6.07) is 5.90. The Bertz CT molecular complexity index is 984. The zero-order valence-electron chi connectivity index (χ0n) is 13.8. The zero-order chi connectivity index (χ0) is 17.0. The third-order valence-corrected chi connectivity index (χ3v) is 5.23. The number of nitrogens with zero attached hydrogens (tertiary/aromatic N) is 3. The molecule has 1 aliphatic heterocycles. The molecule has 128 valence electrons. The molecule has 2 aliphatic rings. The van der Waals surface area contributed by atoms with Gasteiger partial charge in [-0.05, 0) is 31.9 Å². The fraction of sp³-hybridized carbons (Fsp3) is 0.353. The summed E-state index contributed by atoms with van der Waals surface area (Å²) in [5, 5.41) is 17.1. The molecule has 1 aliphatic carbocycles. The molecule has 3 aromatic rings. The summed E-state index contributed by atoms with van der Waals surface area (Å²) in [6.45, 7) is 2.84. The highest BCUT2D eigenvalue weighted by atomic mass is 16.1. The number of fused-ring (bicyclic) bond motifs is 4. The maximum Gasteiger partial charge on any atom is 0.289 e. The fourth-order valence-electron chi connectivity index (χ4n) is 4.05. The van der Waals surface area contributed by atoms with Crippen LogP contribution in [-0.2, 0) is 6.42 Å². The van der Waals surface area contributed by atoms with Gasteiger partial charge in [0.15, 0.2) is 5.82 Å². The van der Waals surface area contributed by atoms with Crippen molar-refractivity contribution in [2.45, 2.75) is 25.8 Å². The number of H-pyrrole nitrogens is 2. The zero-order valence-corrected chi connectivity index (χ0v) is 13.8. The molecule has 0 saturated carbocycles. The maximum absolute atomic E-state index is 12.1. The molecule has 5 rings (SSSR count). The van der Waals surface area contributed by atoms with E-state index >= 15 is 0 Å². The summed E-state index contributed by atoms with van der Waals surface area (Å²) >= 11 is 0. The monoisotopic (exact) mass is 337 g/mol. The van der Waals surface area contributed by atoms with Crippen LogP contribution in [0.4, 0.5) is 11.5 Å². The Labute approximate surface area is 143 Å². The van der Waals surface area contributed by atoms with Crippen molar-refractivity contribution in [3.05, 3.63) is 51.7 Å². The number of pyridine rings is 1. The van der Waals surface area contributed by atoms with Gasteiger partial charge in [0.2, 0.25) is 0 Å². The molecule has 0 radical (unpaired) electrons. The van der Waals surface area contributed by atoms with Crippen molar-refractivity contribution in [3.8, 4) is 5.82 Å². The summed E-state index contributed by atoms with van der Waals surface area (Å²) in [5.74, 6) is 1.96. The minimum Gasteiger partial charge on any atom is -0.370 e. The molecule has 25 heavy (non-hydrogen) atoms. The van der Waals surface area contributed by atoms with Crippen molar-refractivity contribution in [1.82, 2.24) is 25.0 Å². The number of anilines is 2. The van der Waals surface area contributed by atoms with E-state index in [0.29, 0.717) is 11.6 Å². The van der Waals surface area contributed by atoms with Gasteiger partial charge in [-0.15, -0.1) is 0 Å². The summed E-state index contributed by atoms with van der Waals surface area (Å²) in [5.41, 5.74) is 3.80. The molecule has 0 spiro atoms. The fourth-order valence-corrected chi connectivity index (χ4v) is 4.05. The molecule has 0 aromatic carbocycles. The van der Waals surface area contributed by atoms with Gasteiger partial charge in [-0.2, -0.15) is 5.10 Å². The van der Waals surface area contributed by atoms with Gasteiger partial charge in [0.25, 0.3) is 5.56 Å². The molecule has 0 fully saturated rings. The predicted octanol–water partition coefficient (Wildman–Crippen LogP) is 1.73. The van der Waals surface area contributed by atoms with E-state index in [-0.39, 0.29) is 11.6 Å². The van der Waals surface area contributed by atoms with Crippen molar-refractivity contribution in [2.75, 3.05) is 17.2 Å². The highest BCUT2D eigenvalue weighted by Crippen LogP contribution is 2.41. The van der Waals surface area contributed by atoms with E-state index < -0.39 is 0 Å². The van der Waals surface area contributed by atoms with Crippen LogP contribution in [0.5, 0.6) is 0 Å². The molecule has 2 atom stereocenters. The molecule has 4 N–H and O–H groups in total. The topological polar surface area (TPSA) is 103 Å². The van der Waals surface area contributed by atoms with Crippen LogP contribution in [0.1, 0.15) is 29.4 Å². The van der Waals surface area contributed by atoms with Gasteiger partial charge in [0.05, 0.1) is 17.4 Å². The number of aromatic amines is 2. The van der Waals surface area contributed by atoms with Crippen LogP contribution in [0.15, 0.2) is 29.2 Å². The van der Waals surface area contributed by atoms with Crippen molar-refractivity contribution in [2.24, 2.45) is 5.92 Å². The molecule has 0 amide bonds. The second kappa shape index (κ2) is 5.23. The third-order valence-electron chi connectivity index (χ3n) is 5.23. The average Bonchev–Trinajstić information content (AvgIpc) is 3.08. The Morgan fingerprint density at radius 1 is 1.28 bits per heavy atom. The van der Waals surface area contributed by atoms with Crippen LogP contribution in [0.3, 0.4) is 0 Å². The van der Waals surface area contributed by atoms with Crippen molar-refractivity contribution in [3.63, 3.8) is 0 Å². The smallest absolute Gasteiger partial charge is 0.289 e. The quantitative estimate of drug-likeness (QED) is 0.541. The second-order valence-corrected chi connectivity index (χ2v) is 6.68. The number of rotatable bonds is 1. The van der Waals surface area contributed by atoms with E-state index in [4.69, 9.17) is 5.10 Å². The van der Waals surface area contributed by atoms with Crippen molar-refractivity contribution >= 4 is 11.5 Å². The van der Waals surface area contributed by atoms with E-state index in [1.165, 1.54) is 11.3 Å². The van der Waals surface area contributed by atoms with Gasteiger partial charge in [-0.1, -0.05) is 6.07 Å². The highest BCUT2D eigenvalue weighted by molar-refractivity contribution is 5.65. The van der Waals surface area contributed by atoms with Crippen LogP contribution < -0.4 is 16.2 Å². The van der Waals surface area contributed by atoms with E-state index in [2.05, 4.69) is 25.8 Å². The lowest BCUT2D eigenvalue weighted by Gasteiger charge is -2.31. The number of hydrogen-bond donors (Lipinski definition) is 4. The first-order valence-electron chi connectivity index (χ1n) is 8.53. The van der Waals surface area contributed by atoms with E-state index in [0.717, 1.165) is 36.7 Å². The first-order valence-corrected chi connectivity index (χ1v) is 8.53. The number of aromatic nitrogens is 5. The van der Waals surface area contributed by atoms with Crippen molar-refractivity contribution < 1.29 is 0 Å². The molecular weight excluding hydrogens is 318 g/mol. The third kappa shape index (κ3) is 2.10. The van der Waals surface area contributed by atoms with Crippen molar-refractivity contribution in [1.29, 1.82) is 0 Å². The van der Waals surface area contributed by atoms with Gasteiger partial charge in [-0.3, -0.25) is 15.0 Å². The number of nitrogens with one attached hydrogen (secondary N) is 4. The van der Waals surface area contributed by atoms with E-state index in [1.54, 1.807) is 6.20 Å². The first kappa shape index (κ1) is 14.3. The Hall–Kier alpha value is -3.03. The minimum absolute atomic E-state index is 0.0619. The van der Waals surface area contributed by atoms with Crippen LogP contribution in [0.2, 0.25) is 0 Å². The van der Waals surface area contributed by atoms with E-state index in [9.17, 15) is 4.79 Å². The van der Waals surface area contributed by atoms with Gasteiger partial charge < -0.3 is 10.6 Å². The molecule has 0 saturated heterocycles. The van der Waals surface area contributed by atoms with Gasteiger partial charge in [-0.25, -0.2) is 9.67 Å². The lowest BCUT2D eigenvalue weighted by atomic mass is 9.81. The molecule has 8 nitrogen and oxygen atoms in total. The number of hydrogen-bond acceptors (Lipinski definition) is 5. The molecule has 3 aromatic heterocycles. The van der Waals surface area contributed by atoms with Crippen LogP contribution in [0, 0.1) is 12.8 Å². The van der Waals surface area contributed by atoms with Gasteiger partial charge in [0.1, 0.15) is 11.5 Å². The first-order chi connectivity index (χ1) is 12.2. The van der Waals surface area contributed by atoms with Gasteiger partial charge in [0, 0.05) is 24.2 Å². The Morgan fingerprint density at radius 2 is 2.20 bits per heavy atom. The maximum atomic E-state index is 12.1. The average molecular weight is 337 g/mol. The lowest BCUT2D eigenvalue weighted by Crippen LogP contribution is -2.31. The Balaban J connectivity index is 1.63. The molecule has 0 bridgehead atoms. The predicted molar refractivity (Wildman–Crippen MR) is 94.2 cm³/mol. The highest BCUT2D eigenvalue weighted by Gasteiger charge is 2.37. The SMILES string of the molecule is Cc1nn(-c2ccccn2)c2c1C1Nc3c([nH][nH]c3=O)NCC1CC2. The summed E-state index contributed by atoms with van der Waals surface area (Å²) in [7, 11) is 0. The molecule has 4 heterocycles. The number of aryl methyl sites for hydroxylation is 1. The minimum atomic E-state index is -0.134. The Kier molecular flexibility index (Phi) is 3.00. The van der Waals surface area contributed by atoms with Crippen LogP contribution in [0.25, 0.3) is 5.82 Å². The summed E-state index contributed by atoms with van der Waals surface area (Å²) < 4.78 is 1.95. The molecule has 2 unspecified atom stereocenters. The summed E-state index contributed by atoms with van der Waals surface area (Å²) in [4.78, 5) is 16.5. The lowest BCUT2D eigenvalue weighted by molar-refractivity contribution is 0.415. The summed E-state index contributed by atoms with van der Waals surface area (Å²) in [6.07, 6.45) is 3.75. The standard InChI is InChI=1S/C17H19N7O/c1-9-13-11(24(23-9)12-4-2-3-7-18-12)6-5-10-8-19-16-15(20-14(10)13)17(25)22-21-16/h2-4,7,10,14,20H,5-6,8H2,1H3,(H3,19,21,22,25). The van der Waals surface area contributed by atoms with Crippen LogP contribution in [-0.4, -0.2) is 31.5 Å². The Morgan fingerprint density at radius 3 is 3.04 bits per heavy atom. The molecular formula is C17H19N7O. The van der Waals surface area contributed by atoms with Gasteiger partial charge >= 0.3 is 0 Å². The largest absolute Gasteiger partial charge is 0.370 e. The van der Waals surface area contributed by atoms with Crippen LogP contribution >= 0.6 is 0 Å². The van der Waals surface area contributed by atoms with E-state index in [1.807, 2.05) is 29.8 Å².